The molecule has 1 aromatic carbocycles. The molecule has 0 aromatic heterocycles. The average molecular weight is 290 g/mol. The average Bonchev–Trinajstić information content (AvgIpc) is 2.50. The number of amides is 1. The first kappa shape index (κ1) is 16.5. The Bertz CT molecular complexity index is 505. The molecule has 6 heteroatoms. The molecule has 0 spiro atoms. The number of carbonyl (C=O) groups is 2. The van der Waals surface area contributed by atoms with E-state index in [4.69, 9.17) is 14.7 Å². The minimum Gasteiger partial charge on any atom is -0.484 e. The summed E-state index contributed by atoms with van der Waals surface area (Å²) >= 11 is 0. The van der Waals surface area contributed by atoms with Gasteiger partial charge < -0.3 is 14.8 Å². The molecule has 0 aliphatic rings. The van der Waals surface area contributed by atoms with Crippen LogP contribution in [0.5, 0.6) is 5.75 Å². The largest absolute Gasteiger partial charge is 0.484 e. The highest BCUT2D eigenvalue weighted by molar-refractivity contribution is 5.77. The van der Waals surface area contributed by atoms with Crippen LogP contribution in [0, 0.1) is 11.3 Å². The summed E-state index contributed by atoms with van der Waals surface area (Å²) in [6.45, 7) is 2.41. The van der Waals surface area contributed by atoms with Crippen LogP contribution < -0.4 is 10.1 Å². The minimum absolute atomic E-state index is 0.106. The first-order valence-electron chi connectivity index (χ1n) is 6.71. The van der Waals surface area contributed by atoms with Crippen molar-refractivity contribution >= 4 is 11.9 Å². The third-order valence-corrected chi connectivity index (χ3v) is 2.54. The fourth-order valence-corrected chi connectivity index (χ4v) is 1.52. The van der Waals surface area contributed by atoms with Gasteiger partial charge in [0.2, 0.25) is 0 Å². The molecule has 0 saturated heterocycles. The number of hydrogen-bond acceptors (Lipinski definition) is 5. The van der Waals surface area contributed by atoms with Crippen LogP contribution in [-0.4, -0.2) is 31.6 Å². The molecule has 0 aliphatic heterocycles. The van der Waals surface area contributed by atoms with Crippen LogP contribution in [0.15, 0.2) is 24.3 Å². The van der Waals surface area contributed by atoms with E-state index in [1.807, 2.05) is 6.07 Å². The highest BCUT2D eigenvalue weighted by atomic mass is 16.5. The van der Waals surface area contributed by atoms with Crippen molar-refractivity contribution in [3.05, 3.63) is 29.8 Å². The van der Waals surface area contributed by atoms with Crippen LogP contribution in [0.3, 0.4) is 0 Å². The molecule has 0 saturated carbocycles. The van der Waals surface area contributed by atoms with E-state index in [-0.39, 0.29) is 24.9 Å². The van der Waals surface area contributed by atoms with E-state index in [2.05, 4.69) is 5.32 Å². The number of rotatable bonds is 8. The van der Waals surface area contributed by atoms with Gasteiger partial charge in [0.15, 0.2) is 6.61 Å². The highest BCUT2D eigenvalue weighted by Gasteiger charge is 2.04. The Morgan fingerprint density at radius 1 is 1.29 bits per heavy atom. The summed E-state index contributed by atoms with van der Waals surface area (Å²) in [5, 5.41) is 11.3. The van der Waals surface area contributed by atoms with Gasteiger partial charge in [-0.05, 0) is 37.6 Å². The van der Waals surface area contributed by atoms with Gasteiger partial charge in [0.1, 0.15) is 5.75 Å². The Morgan fingerprint density at radius 3 is 2.62 bits per heavy atom. The third-order valence-electron chi connectivity index (χ3n) is 2.54. The monoisotopic (exact) mass is 290 g/mol. The maximum absolute atomic E-state index is 11.5. The molecule has 0 atom stereocenters. The molecule has 0 bridgehead atoms. The van der Waals surface area contributed by atoms with Crippen molar-refractivity contribution in [3.8, 4) is 11.8 Å². The van der Waals surface area contributed by atoms with Gasteiger partial charge in [-0.1, -0.05) is 0 Å². The van der Waals surface area contributed by atoms with Gasteiger partial charge in [-0.3, -0.25) is 9.59 Å². The second-order valence-electron chi connectivity index (χ2n) is 4.18. The second kappa shape index (κ2) is 9.37. The summed E-state index contributed by atoms with van der Waals surface area (Å²) in [6.07, 6.45) is 0.812. The molecule has 0 fully saturated rings. The van der Waals surface area contributed by atoms with Crippen LogP contribution >= 0.6 is 0 Å². The van der Waals surface area contributed by atoms with E-state index in [1.54, 1.807) is 31.2 Å². The quantitative estimate of drug-likeness (QED) is 0.577. The van der Waals surface area contributed by atoms with Gasteiger partial charge in [0.05, 0.1) is 18.2 Å². The lowest BCUT2D eigenvalue weighted by Crippen LogP contribution is -2.30. The van der Waals surface area contributed by atoms with Crippen molar-refractivity contribution in [2.24, 2.45) is 0 Å². The first-order valence-corrected chi connectivity index (χ1v) is 6.71. The van der Waals surface area contributed by atoms with Gasteiger partial charge in [-0.15, -0.1) is 0 Å². The Hall–Kier alpha value is -2.55. The maximum Gasteiger partial charge on any atom is 0.305 e. The molecule has 0 radical (unpaired) electrons. The van der Waals surface area contributed by atoms with E-state index in [9.17, 15) is 9.59 Å². The fourth-order valence-electron chi connectivity index (χ4n) is 1.52. The smallest absolute Gasteiger partial charge is 0.305 e. The Balaban J connectivity index is 2.16. The van der Waals surface area contributed by atoms with E-state index in [0.29, 0.717) is 30.9 Å². The predicted octanol–water partition coefficient (Wildman–Crippen LogP) is 1.40. The number of benzene rings is 1. The van der Waals surface area contributed by atoms with Gasteiger partial charge in [-0.2, -0.15) is 5.26 Å². The number of ether oxygens (including phenoxy) is 2. The molecule has 0 aliphatic carbocycles. The summed E-state index contributed by atoms with van der Waals surface area (Å²) in [5.41, 5.74) is 0.533. The zero-order valence-electron chi connectivity index (χ0n) is 11.9. The molecule has 6 nitrogen and oxygen atoms in total. The molecular weight excluding hydrogens is 272 g/mol. The lowest BCUT2D eigenvalue weighted by Gasteiger charge is -2.07. The summed E-state index contributed by atoms with van der Waals surface area (Å²) in [4.78, 5) is 22.6. The maximum atomic E-state index is 11.5. The SMILES string of the molecule is CCOC(=O)CCCNC(=O)COc1ccc(C#N)cc1. The van der Waals surface area contributed by atoms with E-state index >= 15 is 0 Å². The number of hydrogen-bond donors (Lipinski definition) is 1. The number of nitriles is 1. The van der Waals surface area contributed by atoms with Crippen LogP contribution in [0.4, 0.5) is 0 Å². The number of nitrogens with one attached hydrogen (secondary N) is 1. The van der Waals surface area contributed by atoms with Gasteiger partial charge in [0.25, 0.3) is 5.91 Å². The molecule has 1 N–H and O–H groups in total. The summed E-state index contributed by atoms with van der Waals surface area (Å²) in [6, 6.07) is 8.50. The fraction of sp³-hybridized carbons (Fsp3) is 0.400. The molecule has 1 amide bonds. The molecule has 1 aromatic rings. The molecule has 0 unspecified atom stereocenters. The minimum atomic E-state index is -0.263. The Morgan fingerprint density at radius 2 is 2.00 bits per heavy atom. The molecular formula is C15H18N2O4. The Kier molecular flexibility index (Phi) is 7.36. The number of nitrogens with zero attached hydrogens (tertiary/aromatic N) is 1. The molecule has 1 rings (SSSR count). The van der Waals surface area contributed by atoms with E-state index in [0.717, 1.165) is 0 Å². The number of esters is 1. The first-order chi connectivity index (χ1) is 10.2. The standard InChI is InChI=1S/C15H18N2O4/c1-2-20-15(19)4-3-9-17-14(18)11-21-13-7-5-12(10-16)6-8-13/h5-8H,2-4,9,11H2,1H3,(H,17,18). The van der Waals surface area contributed by atoms with Crippen LogP contribution in [0.25, 0.3) is 0 Å². The van der Waals surface area contributed by atoms with Crippen molar-refractivity contribution < 1.29 is 19.1 Å². The third kappa shape index (κ3) is 6.97. The van der Waals surface area contributed by atoms with Gasteiger partial charge in [-0.25, -0.2) is 0 Å². The lowest BCUT2D eigenvalue weighted by atomic mass is 10.2. The van der Waals surface area contributed by atoms with Crippen molar-refractivity contribution in [2.75, 3.05) is 19.8 Å². The topological polar surface area (TPSA) is 88.4 Å². The van der Waals surface area contributed by atoms with Crippen molar-refractivity contribution in [3.63, 3.8) is 0 Å². The molecule has 112 valence electrons. The molecule has 0 heterocycles. The van der Waals surface area contributed by atoms with Gasteiger partial charge in [0, 0.05) is 13.0 Å². The zero-order valence-corrected chi connectivity index (χ0v) is 11.9. The van der Waals surface area contributed by atoms with Crippen LogP contribution in [0.2, 0.25) is 0 Å². The predicted molar refractivity (Wildman–Crippen MR) is 75.5 cm³/mol. The molecule has 21 heavy (non-hydrogen) atoms. The van der Waals surface area contributed by atoms with Crippen molar-refractivity contribution in [1.82, 2.24) is 5.32 Å². The lowest BCUT2D eigenvalue weighted by molar-refractivity contribution is -0.143. The van der Waals surface area contributed by atoms with Crippen LogP contribution in [-0.2, 0) is 14.3 Å². The second-order valence-corrected chi connectivity index (χ2v) is 4.18. The van der Waals surface area contributed by atoms with Crippen molar-refractivity contribution in [2.45, 2.75) is 19.8 Å². The van der Waals surface area contributed by atoms with Crippen molar-refractivity contribution in [1.29, 1.82) is 5.26 Å². The normalized spacial score (nSPS) is 9.52. The zero-order chi connectivity index (χ0) is 15.5. The van der Waals surface area contributed by atoms with E-state index in [1.165, 1.54) is 0 Å². The Labute approximate surface area is 123 Å². The highest BCUT2D eigenvalue weighted by Crippen LogP contribution is 2.11. The van der Waals surface area contributed by atoms with E-state index < -0.39 is 0 Å². The summed E-state index contributed by atoms with van der Waals surface area (Å²) in [7, 11) is 0. The van der Waals surface area contributed by atoms with Crippen LogP contribution in [0.1, 0.15) is 25.3 Å². The van der Waals surface area contributed by atoms with Gasteiger partial charge >= 0.3 is 5.97 Å². The number of carbonyl (C=O) groups excluding carboxylic acids is 2. The summed E-state index contributed by atoms with van der Waals surface area (Å²) in [5.74, 6) is -0.000487. The summed E-state index contributed by atoms with van der Waals surface area (Å²) < 4.78 is 10.0.